The predicted molar refractivity (Wildman–Crippen MR) is 115 cm³/mol. The zero-order chi connectivity index (χ0) is 21.0. The third kappa shape index (κ3) is 5.16. The van der Waals surface area contributed by atoms with Crippen LogP contribution in [0.4, 0.5) is 5.13 Å². The van der Waals surface area contributed by atoms with E-state index < -0.39 is 0 Å². The SMILES string of the molecule is CC(=O)N1CCN(C(=O)c2cc(CSc3cnc(NC=O)s3)cc(C)c2C)CC1. The Morgan fingerprint density at radius 3 is 2.55 bits per heavy atom. The molecule has 1 aliphatic heterocycles. The molecule has 0 saturated carbocycles. The highest BCUT2D eigenvalue weighted by atomic mass is 32.2. The number of carbonyl (C=O) groups excluding carboxylic acids is 3. The molecule has 7 nitrogen and oxygen atoms in total. The molecule has 2 heterocycles. The van der Waals surface area contributed by atoms with E-state index in [4.69, 9.17) is 0 Å². The standard InChI is InChI=1S/C20H24N4O3S2/c1-13-8-16(11-28-18-10-21-20(29-18)22-12-25)9-17(14(13)2)19(27)24-6-4-23(5-7-24)15(3)26/h8-10,12H,4-7,11H2,1-3H3,(H,21,22,25). The van der Waals surface area contributed by atoms with Crippen molar-refractivity contribution in [1.29, 1.82) is 0 Å². The van der Waals surface area contributed by atoms with Gasteiger partial charge in [0.1, 0.15) is 0 Å². The summed E-state index contributed by atoms with van der Waals surface area (Å²) >= 11 is 3.05. The number of hydrogen-bond acceptors (Lipinski definition) is 6. The lowest BCUT2D eigenvalue weighted by Gasteiger charge is -2.34. The lowest BCUT2D eigenvalue weighted by Crippen LogP contribution is -2.50. The fourth-order valence-corrected chi connectivity index (χ4v) is 4.99. The lowest BCUT2D eigenvalue weighted by atomic mass is 9.99. The first-order chi connectivity index (χ1) is 13.9. The molecule has 1 saturated heterocycles. The number of benzene rings is 1. The summed E-state index contributed by atoms with van der Waals surface area (Å²) in [5.74, 6) is 0.788. The number of aromatic nitrogens is 1. The predicted octanol–water partition coefficient (Wildman–Crippen LogP) is 2.92. The molecule has 1 fully saturated rings. The van der Waals surface area contributed by atoms with Crippen molar-refractivity contribution >= 4 is 46.5 Å². The molecule has 0 aliphatic carbocycles. The second kappa shape index (κ2) is 9.41. The van der Waals surface area contributed by atoms with Crippen LogP contribution in [0.5, 0.6) is 0 Å². The van der Waals surface area contributed by atoms with E-state index >= 15 is 0 Å². The Labute approximate surface area is 178 Å². The summed E-state index contributed by atoms with van der Waals surface area (Å²) in [6.45, 7) is 7.84. The van der Waals surface area contributed by atoms with Gasteiger partial charge in [0.05, 0.1) is 10.4 Å². The van der Waals surface area contributed by atoms with Gasteiger partial charge in [-0.2, -0.15) is 0 Å². The van der Waals surface area contributed by atoms with Gasteiger partial charge in [0.15, 0.2) is 5.13 Å². The Morgan fingerprint density at radius 2 is 1.90 bits per heavy atom. The Bertz CT molecular complexity index is 920. The molecule has 1 aromatic carbocycles. The molecule has 3 amide bonds. The summed E-state index contributed by atoms with van der Waals surface area (Å²) in [5.41, 5.74) is 3.88. The smallest absolute Gasteiger partial charge is 0.254 e. The van der Waals surface area contributed by atoms with E-state index in [0.717, 1.165) is 26.5 Å². The third-order valence-electron chi connectivity index (χ3n) is 5.02. The molecule has 0 bridgehead atoms. The normalized spacial score (nSPS) is 14.0. The summed E-state index contributed by atoms with van der Waals surface area (Å²) in [6, 6.07) is 4.08. The van der Waals surface area contributed by atoms with Crippen LogP contribution in [-0.4, -0.2) is 59.2 Å². The Kier molecular flexibility index (Phi) is 6.92. The molecular formula is C20H24N4O3S2. The van der Waals surface area contributed by atoms with Gasteiger partial charge in [-0.05, 0) is 36.6 Å². The maximum Gasteiger partial charge on any atom is 0.254 e. The summed E-state index contributed by atoms with van der Waals surface area (Å²) in [7, 11) is 0. The van der Waals surface area contributed by atoms with Gasteiger partial charge in [-0.1, -0.05) is 17.4 Å². The topological polar surface area (TPSA) is 82.6 Å². The van der Waals surface area contributed by atoms with Crippen LogP contribution in [0.15, 0.2) is 22.5 Å². The van der Waals surface area contributed by atoms with Crippen molar-refractivity contribution in [1.82, 2.24) is 14.8 Å². The molecule has 2 aromatic rings. The Balaban J connectivity index is 1.70. The molecule has 154 valence electrons. The first-order valence-electron chi connectivity index (χ1n) is 9.32. The number of thiazole rings is 1. The molecule has 0 spiro atoms. The first-order valence-corrected chi connectivity index (χ1v) is 11.1. The number of thioether (sulfide) groups is 1. The first kappa shape index (κ1) is 21.3. The zero-order valence-corrected chi connectivity index (χ0v) is 18.4. The molecule has 0 atom stereocenters. The largest absolute Gasteiger partial charge is 0.339 e. The highest BCUT2D eigenvalue weighted by Crippen LogP contribution is 2.31. The van der Waals surface area contributed by atoms with E-state index in [1.165, 1.54) is 11.3 Å². The van der Waals surface area contributed by atoms with E-state index in [1.807, 2.05) is 24.8 Å². The molecule has 9 heteroatoms. The fraction of sp³-hybridized carbons (Fsp3) is 0.400. The minimum atomic E-state index is 0.0240. The maximum absolute atomic E-state index is 13.1. The molecule has 1 aliphatic rings. The van der Waals surface area contributed by atoms with Gasteiger partial charge in [-0.25, -0.2) is 4.98 Å². The van der Waals surface area contributed by atoms with Crippen molar-refractivity contribution < 1.29 is 14.4 Å². The Hall–Kier alpha value is -2.39. The monoisotopic (exact) mass is 432 g/mol. The number of rotatable bonds is 6. The number of nitrogens with zero attached hydrogens (tertiary/aromatic N) is 3. The van der Waals surface area contributed by atoms with Crippen LogP contribution >= 0.6 is 23.1 Å². The lowest BCUT2D eigenvalue weighted by molar-refractivity contribution is -0.130. The van der Waals surface area contributed by atoms with Gasteiger partial charge in [-0.3, -0.25) is 14.4 Å². The fourth-order valence-electron chi connectivity index (χ4n) is 3.23. The number of nitrogens with one attached hydrogen (secondary N) is 1. The number of piperazine rings is 1. The number of aryl methyl sites for hydroxylation is 1. The summed E-state index contributed by atoms with van der Waals surface area (Å²) in [6.07, 6.45) is 2.35. The van der Waals surface area contributed by atoms with Crippen molar-refractivity contribution in [3.8, 4) is 0 Å². The molecule has 0 radical (unpaired) electrons. The Morgan fingerprint density at radius 1 is 1.21 bits per heavy atom. The third-order valence-corrected chi connectivity index (χ3v) is 7.21. The van der Waals surface area contributed by atoms with Gasteiger partial charge >= 0.3 is 0 Å². The minimum Gasteiger partial charge on any atom is -0.339 e. The molecule has 1 N–H and O–H groups in total. The quantitative estimate of drug-likeness (QED) is 0.561. The van der Waals surface area contributed by atoms with Crippen molar-refractivity contribution in [2.45, 2.75) is 30.7 Å². The van der Waals surface area contributed by atoms with E-state index in [0.29, 0.717) is 43.5 Å². The number of hydrogen-bond donors (Lipinski definition) is 1. The van der Waals surface area contributed by atoms with E-state index in [9.17, 15) is 14.4 Å². The molecular weight excluding hydrogens is 408 g/mol. The second-order valence-electron chi connectivity index (χ2n) is 6.92. The van der Waals surface area contributed by atoms with E-state index in [2.05, 4.69) is 16.4 Å². The van der Waals surface area contributed by atoms with Gasteiger partial charge < -0.3 is 15.1 Å². The van der Waals surface area contributed by atoms with Crippen molar-refractivity contribution in [2.24, 2.45) is 0 Å². The highest BCUT2D eigenvalue weighted by molar-refractivity contribution is 8.00. The molecule has 0 unspecified atom stereocenters. The van der Waals surface area contributed by atoms with Crippen molar-refractivity contribution in [3.05, 3.63) is 40.6 Å². The summed E-state index contributed by atoms with van der Waals surface area (Å²) in [5, 5.41) is 3.12. The van der Waals surface area contributed by atoms with Gasteiger partial charge in [0.25, 0.3) is 5.91 Å². The van der Waals surface area contributed by atoms with E-state index in [-0.39, 0.29) is 11.8 Å². The highest BCUT2D eigenvalue weighted by Gasteiger charge is 2.24. The zero-order valence-electron chi connectivity index (χ0n) is 16.7. The van der Waals surface area contributed by atoms with Crippen LogP contribution < -0.4 is 5.32 Å². The van der Waals surface area contributed by atoms with Gasteiger partial charge in [0, 0.05) is 44.4 Å². The number of amides is 3. The van der Waals surface area contributed by atoms with Crippen LogP contribution in [0.3, 0.4) is 0 Å². The van der Waals surface area contributed by atoms with Crippen LogP contribution in [0.2, 0.25) is 0 Å². The molecule has 29 heavy (non-hydrogen) atoms. The second-order valence-corrected chi connectivity index (χ2v) is 9.23. The number of anilines is 1. The van der Waals surface area contributed by atoms with Gasteiger partial charge in [-0.15, -0.1) is 11.8 Å². The van der Waals surface area contributed by atoms with Crippen molar-refractivity contribution in [3.63, 3.8) is 0 Å². The van der Waals surface area contributed by atoms with Crippen LogP contribution in [-0.2, 0) is 15.3 Å². The van der Waals surface area contributed by atoms with Crippen LogP contribution in [0.25, 0.3) is 0 Å². The minimum absolute atomic E-state index is 0.0240. The summed E-state index contributed by atoms with van der Waals surface area (Å²) < 4.78 is 1.00. The van der Waals surface area contributed by atoms with Crippen LogP contribution in [0, 0.1) is 13.8 Å². The summed E-state index contributed by atoms with van der Waals surface area (Å²) in [4.78, 5) is 42.9. The maximum atomic E-state index is 13.1. The molecule has 1 aromatic heterocycles. The molecule has 3 rings (SSSR count). The average molecular weight is 433 g/mol. The van der Waals surface area contributed by atoms with E-state index in [1.54, 1.807) is 29.8 Å². The number of carbonyl (C=O) groups is 3. The van der Waals surface area contributed by atoms with Crippen LogP contribution in [0.1, 0.15) is 34.0 Å². The van der Waals surface area contributed by atoms with Gasteiger partial charge in [0.2, 0.25) is 12.3 Å². The average Bonchev–Trinajstić information content (AvgIpc) is 3.16. The van der Waals surface area contributed by atoms with Crippen molar-refractivity contribution in [2.75, 3.05) is 31.5 Å².